The van der Waals surface area contributed by atoms with Gasteiger partial charge in [0.05, 0.1) is 28.6 Å². The van der Waals surface area contributed by atoms with Crippen LogP contribution in [0.25, 0.3) is 0 Å². The van der Waals surface area contributed by atoms with Gasteiger partial charge in [0, 0.05) is 25.6 Å². The Bertz CT molecular complexity index is 1920. The van der Waals surface area contributed by atoms with Crippen molar-refractivity contribution in [1.82, 2.24) is 31.1 Å². The highest BCUT2D eigenvalue weighted by Gasteiger charge is 2.50. The number of ketones is 1. The van der Waals surface area contributed by atoms with Crippen molar-refractivity contribution in [2.75, 3.05) is 18.8 Å². The van der Waals surface area contributed by atoms with Gasteiger partial charge >= 0.3 is 12.1 Å². The zero-order valence-electron chi connectivity index (χ0n) is 36.8. The Morgan fingerprint density at radius 2 is 1.54 bits per heavy atom. The number of hydrogen-bond donors (Lipinski definition) is 4. The van der Waals surface area contributed by atoms with E-state index in [9.17, 15) is 32.4 Å². The zero-order chi connectivity index (χ0) is 44.2. The van der Waals surface area contributed by atoms with Crippen molar-refractivity contribution in [3.05, 3.63) is 35.4 Å². The molecule has 1 aromatic rings. The van der Waals surface area contributed by atoms with E-state index in [1.165, 1.54) is 4.90 Å². The number of amides is 6. The van der Waals surface area contributed by atoms with Crippen LogP contribution in [0.4, 0.5) is 9.59 Å². The highest BCUT2D eigenvalue weighted by molar-refractivity contribution is 7.92. The molecule has 1 saturated heterocycles. The molecule has 0 aromatic heterocycles. The van der Waals surface area contributed by atoms with Gasteiger partial charge in [-0.3, -0.25) is 19.2 Å². The molecule has 15 nitrogen and oxygen atoms in total. The number of ether oxygens (including phenoxy) is 1. The standard InChI is InChI=1S/C45H68N6O9S/c1-6-15-34(36(52)39(54)46-32-18-19-32)47-38(53)35-26-33(60-42(57)50-25-20-30-16-9-10-17-31(30)27-50)28-51(35)40(55)37(44(5)21-11-7-12-22-44)48-41(56)49-45(23-13-8-14-24-45)29-61(58,59)43(2,3)4/h9-10,16-17,32-35,37H,6-8,11-15,18-29H2,1-5H3,(H,46,54)(H,47,53)(H2,48,49,56)/t33-,34?,35+,37-/m1/s1. The van der Waals surface area contributed by atoms with Gasteiger partial charge in [-0.2, -0.15) is 0 Å². The Hall–Kier alpha value is -4.21. The fourth-order valence-electron chi connectivity index (χ4n) is 9.58. The molecular formula is C45H68N6O9S. The van der Waals surface area contributed by atoms with Crippen LogP contribution in [-0.4, -0.2) is 113 Å². The van der Waals surface area contributed by atoms with Crippen LogP contribution in [0.1, 0.15) is 142 Å². The van der Waals surface area contributed by atoms with Crippen LogP contribution in [0.5, 0.6) is 0 Å². The van der Waals surface area contributed by atoms with E-state index >= 15 is 4.79 Å². The van der Waals surface area contributed by atoms with Crippen LogP contribution < -0.4 is 21.3 Å². The van der Waals surface area contributed by atoms with Crippen LogP contribution in [0, 0.1) is 5.41 Å². The summed E-state index contributed by atoms with van der Waals surface area (Å²) in [6.07, 6.45) is 8.65. The topological polar surface area (TPSA) is 200 Å². The average Bonchev–Trinajstić information content (AvgIpc) is 3.93. The summed E-state index contributed by atoms with van der Waals surface area (Å²) in [5, 5.41) is 11.5. The van der Waals surface area contributed by atoms with Gasteiger partial charge in [-0.1, -0.05) is 83.1 Å². The van der Waals surface area contributed by atoms with Crippen molar-refractivity contribution in [1.29, 1.82) is 0 Å². The number of nitrogens with zero attached hydrogens (tertiary/aromatic N) is 2. The molecule has 0 radical (unpaired) electrons. The number of sulfone groups is 1. The molecule has 1 aromatic carbocycles. The van der Waals surface area contributed by atoms with E-state index in [1.54, 1.807) is 25.7 Å². The lowest BCUT2D eigenvalue weighted by Gasteiger charge is -2.44. The number of fused-ring (bicyclic) bond motifs is 1. The summed E-state index contributed by atoms with van der Waals surface area (Å²) in [6.45, 7) is 9.42. The van der Waals surface area contributed by atoms with Crippen LogP contribution in [0.3, 0.4) is 0 Å². The van der Waals surface area contributed by atoms with Crippen molar-refractivity contribution >= 4 is 45.5 Å². The van der Waals surface area contributed by atoms with Crippen molar-refractivity contribution in [2.24, 2.45) is 5.41 Å². The molecule has 4 atom stereocenters. The van der Waals surface area contributed by atoms with Gasteiger partial charge in [-0.15, -0.1) is 0 Å². The van der Waals surface area contributed by atoms with Gasteiger partial charge < -0.3 is 35.8 Å². The van der Waals surface area contributed by atoms with Gasteiger partial charge in [0.2, 0.25) is 17.6 Å². The predicted octanol–water partition coefficient (Wildman–Crippen LogP) is 4.84. The number of hydrogen-bond acceptors (Lipinski definition) is 9. The Morgan fingerprint density at radius 1 is 0.902 bits per heavy atom. The largest absolute Gasteiger partial charge is 0.444 e. The fourth-order valence-corrected chi connectivity index (χ4v) is 11.1. The van der Waals surface area contributed by atoms with Gasteiger partial charge in [-0.05, 0) is 88.7 Å². The van der Waals surface area contributed by atoms with Crippen molar-refractivity contribution < 1.29 is 41.9 Å². The molecule has 0 spiro atoms. The van der Waals surface area contributed by atoms with Crippen LogP contribution in [0.15, 0.2) is 24.3 Å². The van der Waals surface area contributed by atoms with Crippen molar-refractivity contribution in [3.63, 3.8) is 0 Å². The molecule has 6 amide bonds. The second-order valence-electron chi connectivity index (χ2n) is 19.6. The highest BCUT2D eigenvalue weighted by Crippen LogP contribution is 2.41. The average molecular weight is 869 g/mol. The molecule has 3 aliphatic carbocycles. The maximum Gasteiger partial charge on any atom is 0.410 e. The predicted molar refractivity (Wildman–Crippen MR) is 230 cm³/mol. The molecule has 338 valence electrons. The summed E-state index contributed by atoms with van der Waals surface area (Å²) in [5.41, 5.74) is 0.434. The lowest BCUT2D eigenvalue weighted by atomic mass is 9.70. The number of urea groups is 1. The summed E-state index contributed by atoms with van der Waals surface area (Å²) >= 11 is 0. The third-order valence-electron chi connectivity index (χ3n) is 13.7. The molecule has 16 heteroatoms. The first kappa shape index (κ1) is 46.3. The number of carbonyl (C=O) groups is 6. The first-order valence-electron chi connectivity index (χ1n) is 22.6. The smallest absolute Gasteiger partial charge is 0.410 e. The molecule has 2 aliphatic heterocycles. The van der Waals surface area contributed by atoms with Crippen molar-refractivity contribution in [2.45, 2.75) is 184 Å². The molecule has 61 heavy (non-hydrogen) atoms. The third-order valence-corrected chi connectivity index (χ3v) is 16.5. The molecule has 6 rings (SSSR count). The van der Waals surface area contributed by atoms with Crippen molar-refractivity contribution in [3.8, 4) is 0 Å². The summed E-state index contributed by atoms with van der Waals surface area (Å²) in [5.74, 6) is -2.94. The van der Waals surface area contributed by atoms with Crippen LogP contribution in [0.2, 0.25) is 0 Å². The Morgan fingerprint density at radius 3 is 2.16 bits per heavy atom. The number of nitrogens with one attached hydrogen (secondary N) is 4. The van der Waals surface area contributed by atoms with E-state index in [1.807, 2.05) is 38.1 Å². The third kappa shape index (κ3) is 11.2. The molecule has 2 heterocycles. The number of Topliss-reactive ketones (excluding diaryl/α,β-unsaturated/α-hetero) is 1. The Labute approximate surface area is 361 Å². The molecular weight excluding hydrogens is 801 g/mol. The second kappa shape index (κ2) is 19.0. The lowest BCUT2D eigenvalue weighted by molar-refractivity contribution is -0.144. The normalized spacial score (nSPS) is 23.4. The van der Waals surface area contributed by atoms with Gasteiger partial charge in [0.1, 0.15) is 18.2 Å². The van der Waals surface area contributed by atoms with Crippen LogP contribution >= 0.6 is 0 Å². The maximum absolute atomic E-state index is 15.2. The summed E-state index contributed by atoms with van der Waals surface area (Å²) < 4.78 is 32.2. The number of carbonyl (C=O) groups excluding carboxylic acids is 6. The summed E-state index contributed by atoms with van der Waals surface area (Å²) in [6, 6.07) is 3.75. The minimum absolute atomic E-state index is 0.0557. The Balaban J connectivity index is 1.26. The fraction of sp³-hybridized carbons (Fsp3) is 0.733. The Kier molecular flexibility index (Phi) is 14.4. The monoisotopic (exact) mass is 868 g/mol. The van der Waals surface area contributed by atoms with Crippen LogP contribution in [-0.2, 0) is 46.7 Å². The van der Waals surface area contributed by atoms with E-state index in [2.05, 4.69) is 21.3 Å². The van der Waals surface area contributed by atoms with Gasteiger partial charge in [0.25, 0.3) is 5.91 Å². The van der Waals surface area contributed by atoms with E-state index in [4.69, 9.17) is 4.74 Å². The summed E-state index contributed by atoms with van der Waals surface area (Å²) in [4.78, 5) is 86.8. The van der Waals surface area contributed by atoms with Gasteiger partial charge in [0.15, 0.2) is 9.84 Å². The van der Waals surface area contributed by atoms with Gasteiger partial charge in [-0.25, -0.2) is 18.0 Å². The maximum atomic E-state index is 15.2. The minimum atomic E-state index is -3.63. The second-order valence-corrected chi connectivity index (χ2v) is 22.4. The molecule has 3 saturated carbocycles. The van der Waals surface area contributed by atoms with E-state index < -0.39 is 85.4 Å². The number of benzene rings is 1. The summed E-state index contributed by atoms with van der Waals surface area (Å²) in [7, 11) is -3.63. The molecule has 5 aliphatic rings. The first-order chi connectivity index (χ1) is 28.8. The molecule has 0 bridgehead atoms. The quantitative estimate of drug-likeness (QED) is 0.189. The molecule has 4 N–H and O–H groups in total. The van der Waals surface area contributed by atoms with E-state index in [-0.39, 0.29) is 31.2 Å². The first-order valence-corrected chi connectivity index (χ1v) is 24.3. The van der Waals surface area contributed by atoms with E-state index in [0.29, 0.717) is 51.6 Å². The number of likely N-dealkylation sites (tertiary alicyclic amines) is 1. The highest BCUT2D eigenvalue weighted by atomic mass is 32.2. The lowest BCUT2D eigenvalue weighted by Crippen LogP contribution is -2.64. The SMILES string of the molecule is CCCC(NC(=O)[C@@H]1C[C@@H](OC(=O)N2CCc3ccccc3C2)CN1C(=O)[C@@H](NC(=O)NC1(CS(=O)(=O)C(C)(C)C)CCCCC1)C1(C)CCCCC1)C(=O)C(=O)NC1CC1. The zero-order valence-corrected chi connectivity index (χ0v) is 37.6. The number of rotatable bonds is 14. The minimum Gasteiger partial charge on any atom is -0.444 e. The molecule has 4 fully saturated rings. The molecule has 1 unspecified atom stereocenters. The van der Waals surface area contributed by atoms with E-state index in [0.717, 1.165) is 62.5 Å².